The summed E-state index contributed by atoms with van der Waals surface area (Å²) in [6.45, 7) is 6.78. The smallest absolute Gasteiger partial charge is 0.136 e. The summed E-state index contributed by atoms with van der Waals surface area (Å²) in [6.07, 6.45) is 0. The molecule has 3 heteroatoms. The lowest BCUT2D eigenvalue weighted by molar-refractivity contribution is 0.413. The van der Waals surface area contributed by atoms with Crippen LogP contribution in [0.5, 0.6) is 5.75 Å². The van der Waals surface area contributed by atoms with Crippen LogP contribution < -0.4 is 9.92 Å². The molecule has 0 spiro atoms. The Morgan fingerprint density at radius 1 is 1.29 bits per heavy atom. The molecule has 1 aromatic rings. The maximum absolute atomic E-state index is 8.93. The van der Waals surface area contributed by atoms with E-state index in [1.165, 1.54) is 5.19 Å². The predicted molar refractivity (Wildman–Crippen MR) is 60.7 cm³/mol. The molecule has 0 bridgehead atoms. The van der Waals surface area contributed by atoms with Crippen LogP contribution in [-0.2, 0) is 0 Å². The van der Waals surface area contributed by atoms with Gasteiger partial charge in [0, 0.05) is 0 Å². The van der Waals surface area contributed by atoms with Gasteiger partial charge < -0.3 is 4.74 Å². The van der Waals surface area contributed by atoms with Gasteiger partial charge in [-0.3, -0.25) is 0 Å². The largest absolute Gasteiger partial charge is 0.495 e. The number of hydrogen-bond acceptors (Lipinski definition) is 2. The van der Waals surface area contributed by atoms with Crippen LogP contribution >= 0.6 is 0 Å². The van der Waals surface area contributed by atoms with E-state index in [0.29, 0.717) is 11.3 Å². The number of rotatable bonds is 2. The summed E-state index contributed by atoms with van der Waals surface area (Å²) >= 11 is 0. The van der Waals surface area contributed by atoms with Gasteiger partial charge in [0.25, 0.3) is 0 Å². The zero-order valence-electron chi connectivity index (χ0n) is 9.09. The van der Waals surface area contributed by atoms with E-state index in [9.17, 15) is 0 Å². The molecule has 0 N–H and O–H groups in total. The molecule has 1 aromatic carbocycles. The van der Waals surface area contributed by atoms with E-state index >= 15 is 0 Å². The van der Waals surface area contributed by atoms with Crippen molar-refractivity contribution in [1.82, 2.24) is 0 Å². The van der Waals surface area contributed by atoms with Gasteiger partial charge in [-0.15, -0.1) is 0 Å². The van der Waals surface area contributed by atoms with Crippen molar-refractivity contribution in [2.24, 2.45) is 0 Å². The Morgan fingerprint density at radius 3 is 2.36 bits per heavy atom. The van der Waals surface area contributed by atoms with E-state index < -0.39 is 8.07 Å². The van der Waals surface area contributed by atoms with E-state index in [4.69, 9.17) is 10.00 Å². The molecule has 0 fully saturated rings. The average Bonchev–Trinajstić information content (AvgIpc) is 2.15. The first-order valence-corrected chi connectivity index (χ1v) is 8.07. The second kappa shape index (κ2) is 3.85. The Labute approximate surface area is 86.1 Å². The molecule has 74 valence electrons. The second-order valence-electron chi connectivity index (χ2n) is 4.28. The van der Waals surface area contributed by atoms with Gasteiger partial charge >= 0.3 is 0 Å². The summed E-state index contributed by atoms with van der Waals surface area (Å²) in [4.78, 5) is 0. The van der Waals surface area contributed by atoms with Crippen molar-refractivity contribution in [3.63, 3.8) is 0 Å². The van der Waals surface area contributed by atoms with Gasteiger partial charge in [-0.25, -0.2) is 0 Å². The van der Waals surface area contributed by atoms with Crippen LogP contribution in [0.2, 0.25) is 19.6 Å². The first kappa shape index (κ1) is 10.8. The van der Waals surface area contributed by atoms with Crippen molar-refractivity contribution >= 4 is 13.3 Å². The zero-order valence-corrected chi connectivity index (χ0v) is 10.1. The number of benzene rings is 1. The molecule has 0 aliphatic carbocycles. The van der Waals surface area contributed by atoms with Gasteiger partial charge in [0.15, 0.2) is 0 Å². The molecule has 0 aromatic heterocycles. The highest BCUT2D eigenvalue weighted by Gasteiger charge is 2.17. The number of ether oxygens (including phenoxy) is 1. The Hall–Kier alpha value is -1.27. The van der Waals surface area contributed by atoms with E-state index in [-0.39, 0.29) is 0 Å². The molecule has 0 amide bonds. The van der Waals surface area contributed by atoms with Crippen molar-refractivity contribution in [2.75, 3.05) is 7.11 Å². The van der Waals surface area contributed by atoms with Crippen LogP contribution in [0.15, 0.2) is 18.2 Å². The summed E-state index contributed by atoms with van der Waals surface area (Å²) in [5.74, 6) is 0.662. The summed E-state index contributed by atoms with van der Waals surface area (Å²) in [7, 11) is 0.264. The summed E-state index contributed by atoms with van der Waals surface area (Å²) < 4.78 is 5.10. The van der Waals surface area contributed by atoms with Gasteiger partial charge in [0.05, 0.1) is 20.7 Å². The van der Waals surface area contributed by atoms with Crippen LogP contribution in [0.25, 0.3) is 0 Å². The third-order valence-corrected chi connectivity index (χ3v) is 4.23. The van der Waals surface area contributed by atoms with Crippen LogP contribution in [0, 0.1) is 11.3 Å². The summed E-state index contributed by atoms with van der Waals surface area (Å²) in [5.41, 5.74) is 0.632. The summed E-state index contributed by atoms with van der Waals surface area (Å²) in [6, 6.07) is 8.05. The maximum Gasteiger partial charge on any atom is 0.136 e. The molecule has 0 atom stereocenters. The van der Waals surface area contributed by atoms with Crippen LogP contribution in [-0.4, -0.2) is 15.2 Å². The Morgan fingerprint density at radius 2 is 1.93 bits per heavy atom. The Bertz CT molecular complexity index is 374. The number of hydrogen-bond donors (Lipinski definition) is 0. The number of methoxy groups -OCH3 is 1. The number of nitrogens with zero attached hydrogens (tertiary/aromatic N) is 1. The Balaban J connectivity index is 3.23. The minimum absolute atomic E-state index is 0.632. The van der Waals surface area contributed by atoms with Crippen LogP contribution in [0.3, 0.4) is 0 Å². The minimum Gasteiger partial charge on any atom is -0.495 e. The molecular weight excluding hydrogens is 190 g/mol. The molecule has 14 heavy (non-hydrogen) atoms. The molecule has 1 rings (SSSR count). The maximum atomic E-state index is 8.93. The predicted octanol–water partition coefficient (Wildman–Crippen LogP) is 2.11. The SMILES string of the molecule is COc1ccc([Si](C)(C)C)cc1C#N. The first-order chi connectivity index (χ1) is 6.49. The molecule has 0 saturated carbocycles. The third-order valence-electron chi connectivity index (χ3n) is 2.19. The fourth-order valence-electron chi connectivity index (χ4n) is 1.26. The Kier molecular flexibility index (Phi) is 2.97. The molecule has 0 saturated heterocycles. The van der Waals surface area contributed by atoms with E-state index in [2.05, 4.69) is 31.8 Å². The highest BCUT2D eigenvalue weighted by molar-refractivity contribution is 6.88. The number of nitriles is 1. The molecule has 0 aliphatic rings. The molecular formula is C11H15NOSi. The van der Waals surface area contributed by atoms with Crippen LogP contribution in [0.1, 0.15) is 5.56 Å². The summed E-state index contributed by atoms with van der Waals surface area (Å²) in [5, 5.41) is 10.2. The lowest BCUT2D eigenvalue weighted by Gasteiger charge is -2.17. The van der Waals surface area contributed by atoms with Crippen molar-refractivity contribution in [1.29, 1.82) is 5.26 Å². The minimum atomic E-state index is -1.32. The highest BCUT2D eigenvalue weighted by atomic mass is 28.3. The molecule has 0 radical (unpaired) electrons. The molecule has 0 aliphatic heterocycles. The third kappa shape index (κ3) is 2.15. The molecule has 0 unspecified atom stereocenters. The van der Waals surface area contributed by atoms with Gasteiger partial charge in [-0.2, -0.15) is 5.26 Å². The fourth-order valence-corrected chi connectivity index (χ4v) is 2.42. The lowest BCUT2D eigenvalue weighted by atomic mass is 10.2. The normalized spacial score (nSPS) is 10.8. The van der Waals surface area contributed by atoms with Gasteiger partial charge in [-0.05, 0) is 12.1 Å². The van der Waals surface area contributed by atoms with Crippen molar-refractivity contribution in [2.45, 2.75) is 19.6 Å². The van der Waals surface area contributed by atoms with Crippen molar-refractivity contribution in [3.8, 4) is 11.8 Å². The monoisotopic (exact) mass is 205 g/mol. The lowest BCUT2D eigenvalue weighted by Crippen LogP contribution is -2.37. The average molecular weight is 205 g/mol. The van der Waals surface area contributed by atoms with Crippen molar-refractivity contribution < 1.29 is 4.74 Å². The van der Waals surface area contributed by atoms with E-state index in [1.54, 1.807) is 7.11 Å². The topological polar surface area (TPSA) is 33.0 Å². The van der Waals surface area contributed by atoms with E-state index in [1.807, 2.05) is 12.1 Å². The standard InChI is InChI=1S/C11H15NOSi/c1-13-11-6-5-10(14(2,3)4)7-9(11)8-12/h5-7H,1-4H3. The highest BCUT2D eigenvalue weighted by Crippen LogP contribution is 2.16. The van der Waals surface area contributed by atoms with Gasteiger partial charge in [0.2, 0.25) is 0 Å². The van der Waals surface area contributed by atoms with Gasteiger partial charge in [0.1, 0.15) is 11.8 Å². The second-order valence-corrected chi connectivity index (χ2v) is 9.35. The molecule has 2 nitrogen and oxygen atoms in total. The van der Waals surface area contributed by atoms with Crippen LogP contribution in [0.4, 0.5) is 0 Å². The quantitative estimate of drug-likeness (QED) is 0.693. The van der Waals surface area contributed by atoms with Gasteiger partial charge in [-0.1, -0.05) is 30.9 Å². The zero-order chi connectivity index (χ0) is 10.8. The van der Waals surface area contributed by atoms with Crippen molar-refractivity contribution in [3.05, 3.63) is 23.8 Å². The van der Waals surface area contributed by atoms with E-state index in [0.717, 1.165) is 0 Å². The first-order valence-electron chi connectivity index (χ1n) is 4.57. The fraction of sp³-hybridized carbons (Fsp3) is 0.364. The molecule has 0 heterocycles.